The van der Waals surface area contributed by atoms with E-state index in [1.807, 2.05) is 0 Å². The molecule has 0 radical (unpaired) electrons. The van der Waals surface area contributed by atoms with Crippen LogP contribution in [0, 0.1) is 0 Å². The van der Waals surface area contributed by atoms with Gasteiger partial charge in [-0.1, -0.05) is 25.7 Å². The number of hydrazine groups is 1. The average Bonchev–Trinajstić information content (AvgIpc) is 3.07. The summed E-state index contributed by atoms with van der Waals surface area (Å²) in [5.41, 5.74) is 0. The van der Waals surface area contributed by atoms with Gasteiger partial charge in [-0.2, -0.15) is 0 Å². The molecule has 2 aliphatic heterocycles. The van der Waals surface area contributed by atoms with Crippen molar-refractivity contribution in [2.45, 2.75) is 75.5 Å². The van der Waals surface area contributed by atoms with Crippen LogP contribution in [0.25, 0.3) is 0 Å². The summed E-state index contributed by atoms with van der Waals surface area (Å²) in [6, 6.07) is 3.92. The third kappa shape index (κ3) is 0.989. The molecular formula is C12H20N2. The zero-order valence-corrected chi connectivity index (χ0v) is 8.86. The second-order valence-corrected chi connectivity index (χ2v) is 5.60. The first kappa shape index (κ1) is 8.12. The van der Waals surface area contributed by atoms with Crippen molar-refractivity contribution in [3.05, 3.63) is 0 Å². The van der Waals surface area contributed by atoms with Gasteiger partial charge in [-0.25, -0.2) is 10.0 Å². The molecule has 4 atom stereocenters. The summed E-state index contributed by atoms with van der Waals surface area (Å²) in [6.45, 7) is 0. The van der Waals surface area contributed by atoms with Crippen molar-refractivity contribution in [2.75, 3.05) is 0 Å². The highest BCUT2D eigenvalue weighted by atomic mass is 15.8. The molecule has 2 aliphatic carbocycles. The monoisotopic (exact) mass is 192 g/mol. The number of fused-ring (bicyclic) bond motifs is 2. The van der Waals surface area contributed by atoms with E-state index in [1.165, 1.54) is 51.4 Å². The molecule has 4 fully saturated rings. The van der Waals surface area contributed by atoms with Gasteiger partial charge in [0, 0.05) is 24.2 Å². The van der Waals surface area contributed by atoms with E-state index >= 15 is 0 Å². The van der Waals surface area contributed by atoms with E-state index in [9.17, 15) is 0 Å². The summed E-state index contributed by atoms with van der Waals surface area (Å²) in [5, 5.41) is 5.52. The summed E-state index contributed by atoms with van der Waals surface area (Å²) >= 11 is 0. The van der Waals surface area contributed by atoms with Crippen molar-refractivity contribution in [3.63, 3.8) is 0 Å². The van der Waals surface area contributed by atoms with Crippen molar-refractivity contribution < 1.29 is 0 Å². The molecule has 4 rings (SSSR count). The van der Waals surface area contributed by atoms with Crippen LogP contribution < -0.4 is 0 Å². The van der Waals surface area contributed by atoms with Crippen molar-refractivity contribution >= 4 is 0 Å². The molecule has 0 aromatic heterocycles. The minimum absolute atomic E-state index is 0.981. The number of hydrogen-bond donors (Lipinski definition) is 0. The molecule has 4 aliphatic rings. The van der Waals surface area contributed by atoms with Crippen molar-refractivity contribution in [1.82, 2.24) is 10.0 Å². The van der Waals surface area contributed by atoms with Crippen molar-refractivity contribution in [2.24, 2.45) is 0 Å². The Labute approximate surface area is 86.2 Å². The van der Waals surface area contributed by atoms with Crippen molar-refractivity contribution in [1.29, 1.82) is 0 Å². The Balaban J connectivity index is 1.46. The van der Waals surface area contributed by atoms with E-state index < -0.39 is 0 Å². The lowest BCUT2D eigenvalue weighted by atomic mass is 10.0. The molecule has 0 N–H and O–H groups in total. The highest BCUT2D eigenvalue weighted by molar-refractivity contribution is 5.12. The Bertz CT molecular complexity index is 203. The van der Waals surface area contributed by atoms with Gasteiger partial charge >= 0.3 is 0 Å². The molecule has 0 amide bonds. The van der Waals surface area contributed by atoms with E-state index in [2.05, 4.69) is 10.0 Å². The number of hydrogen-bond acceptors (Lipinski definition) is 2. The molecule has 78 valence electrons. The molecule has 2 heterocycles. The fourth-order valence-electron chi connectivity index (χ4n) is 4.04. The van der Waals surface area contributed by atoms with Crippen molar-refractivity contribution in [3.8, 4) is 0 Å². The molecule has 2 saturated heterocycles. The fourth-order valence-corrected chi connectivity index (χ4v) is 4.04. The minimum atomic E-state index is 0.981. The van der Waals surface area contributed by atoms with Gasteiger partial charge in [0.05, 0.1) is 0 Å². The number of rotatable bonds is 1. The summed E-state index contributed by atoms with van der Waals surface area (Å²) in [7, 11) is 0. The average molecular weight is 192 g/mol. The SMILES string of the molecule is C1CCC2C(C1)N2N1C2CCCCC21. The minimum Gasteiger partial charge on any atom is -0.232 e. The first-order valence-corrected chi connectivity index (χ1v) is 6.53. The molecule has 2 heteroatoms. The van der Waals surface area contributed by atoms with Crippen LogP contribution >= 0.6 is 0 Å². The molecule has 14 heavy (non-hydrogen) atoms. The van der Waals surface area contributed by atoms with Gasteiger partial charge in [0.25, 0.3) is 0 Å². The Morgan fingerprint density at radius 1 is 0.500 bits per heavy atom. The lowest BCUT2D eigenvalue weighted by Gasteiger charge is -2.04. The normalized spacial score (nSPS) is 60.0. The topological polar surface area (TPSA) is 6.02 Å². The third-order valence-corrected chi connectivity index (χ3v) is 4.83. The third-order valence-electron chi connectivity index (χ3n) is 4.83. The van der Waals surface area contributed by atoms with Crippen LogP contribution in [0.1, 0.15) is 51.4 Å². The highest BCUT2D eigenvalue weighted by Gasteiger charge is 2.62. The Kier molecular flexibility index (Phi) is 1.58. The van der Waals surface area contributed by atoms with Crippen LogP contribution in [0.3, 0.4) is 0 Å². The van der Waals surface area contributed by atoms with Crippen LogP contribution in [-0.4, -0.2) is 34.2 Å². The van der Waals surface area contributed by atoms with Gasteiger partial charge in [-0.05, 0) is 25.7 Å². The molecule has 0 spiro atoms. The molecule has 0 aromatic carbocycles. The van der Waals surface area contributed by atoms with E-state index in [0.717, 1.165) is 24.2 Å². The Hall–Kier alpha value is -0.0800. The lowest BCUT2D eigenvalue weighted by molar-refractivity contribution is 0.184. The molecule has 4 unspecified atom stereocenters. The zero-order chi connectivity index (χ0) is 9.12. The van der Waals surface area contributed by atoms with Crippen LogP contribution in [0.4, 0.5) is 0 Å². The lowest BCUT2D eigenvalue weighted by Crippen LogP contribution is -2.14. The summed E-state index contributed by atoms with van der Waals surface area (Å²) < 4.78 is 0. The van der Waals surface area contributed by atoms with Crippen LogP contribution in [0.5, 0.6) is 0 Å². The van der Waals surface area contributed by atoms with Gasteiger partial charge in [0.2, 0.25) is 0 Å². The summed E-state index contributed by atoms with van der Waals surface area (Å²) in [5.74, 6) is 0. The van der Waals surface area contributed by atoms with Gasteiger partial charge in [0.15, 0.2) is 0 Å². The smallest absolute Gasteiger partial charge is 0.0419 e. The van der Waals surface area contributed by atoms with Gasteiger partial charge in [-0.15, -0.1) is 0 Å². The van der Waals surface area contributed by atoms with Gasteiger partial charge in [0.1, 0.15) is 0 Å². The number of nitrogens with zero attached hydrogens (tertiary/aromatic N) is 2. The fraction of sp³-hybridized carbons (Fsp3) is 1.00. The highest BCUT2D eigenvalue weighted by Crippen LogP contribution is 2.51. The molecular weight excluding hydrogens is 172 g/mol. The van der Waals surface area contributed by atoms with Crippen LogP contribution in [0.2, 0.25) is 0 Å². The largest absolute Gasteiger partial charge is 0.232 e. The molecule has 2 saturated carbocycles. The van der Waals surface area contributed by atoms with E-state index in [4.69, 9.17) is 0 Å². The Morgan fingerprint density at radius 3 is 1.07 bits per heavy atom. The van der Waals surface area contributed by atoms with E-state index in [1.54, 1.807) is 0 Å². The molecule has 2 nitrogen and oxygen atoms in total. The van der Waals surface area contributed by atoms with Gasteiger partial charge < -0.3 is 0 Å². The first-order chi connectivity index (χ1) is 6.97. The zero-order valence-electron chi connectivity index (χ0n) is 8.86. The maximum Gasteiger partial charge on any atom is 0.0419 e. The van der Waals surface area contributed by atoms with E-state index in [-0.39, 0.29) is 0 Å². The van der Waals surface area contributed by atoms with E-state index in [0.29, 0.717) is 0 Å². The predicted octanol–water partition coefficient (Wildman–Crippen LogP) is 2.16. The quantitative estimate of drug-likeness (QED) is 0.587. The maximum absolute atomic E-state index is 2.76. The molecule has 0 aromatic rings. The second kappa shape index (κ2) is 2.73. The van der Waals surface area contributed by atoms with Crippen LogP contribution in [0.15, 0.2) is 0 Å². The maximum atomic E-state index is 2.76. The summed E-state index contributed by atoms with van der Waals surface area (Å²) in [4.78, 5) is 0. The van der Waals surface area contributed by atoms with Crippen LogP contribution in [-0.2, 0) is 0 Å². The second-order valence-electron chi connectivity index (χ2n) is 5.60. The standard InChI is InChI=1S/C12H20N2/c1-2-6-10-9(5-1)13(10)14-11-7-3-4-8-12(11)14/h9-12H,1-8H2. The van der Waals surface area contributed by atoms with Gasteiger partial charge in [-0.3, -0.25) is 0 Å². The first-order valence-electron chi connectivity index (χ1n) is 6.53. The molecule has 0 bridgehead atoms. The summed E-state index contributed by atoms with van der Waals surface area (Å²) in [6.07, 6.45) is 11.9. The Morgan fingerprint density at radius 2 is 0.786 bits per heavy atom. The predicted molar refractivity (Wildman–Crippen MR) is 55.8 cm³/mol.